The average Bonchev–Trinajstić information content (AvgIpc) is 2.92. The summed E-state index contributed by atoms with van der Waals surface area (Å²) in [4.78, 5) is 4.19. The Morgan fingerprint density at radius 1 is 1.19 bits per heavy atom. The van der Waals surface area contributed by atoms with Crippen molar-refractivity contribution in [3.05, 3.63) is 64.7 Å². The molecule has 0 spiro atoms. The Balaban J connectivity index is 1.90. The molecular weight excluding hydrogens is 293 g/mol. The van der Waals surface area contributed by atoms with Crippen LogP contribution in [0, 0.1) is 5.82 Å². The van der Waals surface area contributed by atoms with E-state index >= 15 is 0 Å². The van der Waals surface area contributed by atoms with Crippen LogP contribution < -0.4 is 5.73 Å². The molecule has 0 amide bonds. The minimum atomic E-state index is -0.461. The van der Waals surface area contributed by atoms with Gasteiger partial charge < -0.3 is 10.3 Å². The first-order valence-electron chi connectivity index (χ1n) is 6.25. The quantitative estimate of drug-likeness (QED) is 0.749. The highest BCUT2D eigenvalue weighted by atomic mass is 35.5. The number of halogens is 2. The average molecular weight is 304 g/mol. The second kappa shape index (κ2) is 5.54. The summed E-state index contributed by atoms with van der Waals surface area (Å²) in [5.41, 5.74) is 7.13. The third kappa shape index (κ3) is 2.87. The van der Waals surface area contributed by atoms with Crippen molar-refractivity contribution in [2.24, 2.45) is 0 Å². The molecule has 2 N–H and O–H groups in total. The molecule has 0 aliphatic rings. The van der Waals surface area contributed by atoms with E-state index < -0.39 is 5.82 Å². The van der Waals surface area contributed by atoms with Crippen LogP contribution in [0.1, 0.15) is 11.4 Å². The predicted molar refractivity (Wildman–Crippen MR) is 78.4 cm³/mol. The van der Waals surface area contributed by atoms with Crippen LogP contribution in [-0.4, -0.2) is 10.1 Å². The first kappa shape index (κ1) is 13.6. The zero-order valence-electron chi connectivity index (χ0n) is 10.9. The zero-order chi connectivity index (χ0) is 14.8. The van der Waals surface area contributed by atoms with Crippen LogP contribution in [0.15, 0.2) is 47.0 Å². The molecule has 0 aliphatic heterocycles. The summed E-state index contributed by atoms with van der Waals surface area (Å²) in [7, 11) is 0. The van der Waals surface area contributed by atoms with Crippen molar-refractivity contribution < 1.29 is 8.91 Å². The minimum Gasteiger partial charge on any atom is -0.399 e. The lowest BCUT2D eigenvalue weighted by Crippen LogP contribution is -1.93. The molecule has 2 aromatic carbocycles. The normalized spacial score (nSPS) is 10.8. The van der Waals surface area contributed by atoms with Crippen molar-refractivity contribution in [2.75, 3.05) is 5.73 Å². The Morgan fingerprint density at radius 3 is 2.81 bits per heavy atom. The van der Waals surface area contributed by atoms with E-state index in [-0.39, 0.29) is 11.5 Å². The van der Waals surface area contributed by atoms with Gasteiger partial charge in [0.15, 0.2) is 5.82 Å². The molecule has 106 valence electrons. The first-order valence-corrected chi connectivity index (χ1v) is 6.62. The van der Waals surface area contributed by atoms with Gasteiger partial charge in [0.1, 0.15) is 5.82 Å². The summed E-state index contributed by atoms with van der Waals surface area (Å²) in [6.07, 6.45) is 0.410. The molecular formula is C15H11ClFN3O. The van der Waals surface area contributed by atoms with Gasteiger partial charge in [0, 0.05) is 17.1 Å². The third-order valence-electron chi connectivity index (χ3n) is 3.00. The monoisotopic (exact) mass is 303 g/mol. The van der Waals surface area contributed by atoms with Gasteiger partial charge in [-0.05, 0) is 29.8 Å². The second-order valence-electron chi connectivity index (χ2n) is 4.52. The minimum absolute atomic E-state index is 0.0989. The number of nitrogens with zero attached hydrogens (tertiary/aromatic N) is 2. The number of nitrogen functional groups attached to an aromatic ring is 1. The fourth-order valence-corrected chi connectivity index (χ4v) is 2.16. The number of aromatic nitrogens is 2. The molecule has 21 heavy (non-hydrogen) atoms. The van der Waals surface area contributed by atoms with Crippen LogP contribution >= 0.6 is 11.6 Å². The molecule has 3 aromatic rings. The summed E-state index contributed by atoms with van der Waals surface area (Å²) in [5, 5.41) is 4.47. The van der Waals surface area contributed by atoms with Gasteiger partial charge in [0.25, 0.3) is 5.89 Å². The van der Waals surface area contributed by atoms with Gasteiger partial charge in [0.2, 0.25) is 0 Å². The Labute approximate surface area is 125 Å². The Morgan fingerprint density at radius 2 is 2.00 bits per heavy atom. The molecule has 1 heterocycles. The van der Waals surface area contributed by atoms with E-state index in [1.165, 1.54) is 18.2 Å². The van der Waals surface area contributed by atoms with E-state index in [1.54, 1.807) is 6.07 Å². The van der Waals surface area contributed by atoms with Crippen molar-refractivity contribution in [2.45, 2.75) is 6.42 Å². The van der Waals surface area contributed by atoms with Gasteiger partial charge in [-0.1, -0.05) is 35.0 Å². The van der Waals surface area contributed by atoms with E-state index in [0.29, 0.717) is 23.0 Å². The van der Waals surface area contributed by atoms with E-state index in [1.807, 2.05) is 18.2 Å². The summed E-state index contributed by atoms with van der Waals surface area (Å²) >= 11 is 6.08. The Bertz CT molecular complexity index is 788. The SMILES string of the molecule is Nc1ccc(F)c(-c2nc(Cc3ccccc3Cl)no2)c1. The number of hydrogen-bond acceptors (Lipinski definition) is 4. The number of rotatable bonds is 3. The fraction of sp³-hybridized carbons (Fsp3) is 0.0667. The molecule has 3 rings (SSSR count). The maximum atomic E-state index is 13.8. The number of nitrogens with two attached hydrogens (primary N) is 1. The van der Waals surface area contributed by atoms with Crippen LogP contribution in [0.25, 0.3) is 11.5 Å². The molecule has 0 radical (unpaired) electrons. The summed E-state index contributed by atoms with van der Waals surface area (Å²) in [6, 6.07) is 11.6. The van der Waals surface area contributed by atoms with Crippen molar-refractivity contribution in [3.8, 4) is 11.5 Å². The van der Waals surface area contributed by atoms with Crippen molar-refractivity contribution >= 4 is 17.3 Å². The van der Waals surface area contributed by atoms with Crippen LogP contribution in [0.5, 0.6) is 0 Å². The third-order valence-corrected chi connectivity index (χ3v) is 3.36. The molecule has 0 bridgehead atoms. The number of hydrogen-bond donors (Lipinski definition) is 1. The smallest absolute Gasteiger partial charge is 0.260 e. The molecule has 0 unspecified atom stereocenters. The number of anilines is 1. The highest BCUT2D eigenvalue weighted by molar-refractivity contribution is 6.31. The predicted octanol–water partition coefficient (Wildman–Crippen LogP) is 3.70. The van der Waals surface area contributed by atoms with E-state index in [2.05, 4.69) is 10.1 Å². The molecule has 4 nitrogen and oxygen atoms in total. The standard InChI is InChI=1S/C15H11ClFN3O/c16-12-4-2-1-3-9(12)7-14-19-15(21-20-14)11-8-10(18)5-6-13(11)17/h1-6,8H,7,18H2. The lowest BCUT2D eigenvalue weighted by atomic mass is 10.1. The highest BCUT2D eigenvalue weighted by Gasteiger charge is 2.14. The lowest BCUT2D eigenvalue weighted by Gasteiger charge is -1.99. The van der Waals surface area contributed by atoms with Gasteiger partial charge >= 0.3 is 0 Å². The topological polar surface area (TPSA) is 64.9 Å². The number of benzene rings is 2. The first-order chi connectivity index (χ1) is 10.1. The second-order valence-corrected chi connectivity index (χ2v) is 4.93. The van der Waals surface area contributed by atoms with Crippen LogP contribution in [-0.2, 0) is 6.42 Å². The van der Waals surface area contributed by atoms with Gasteiger partial charge in [-0.15, -0.1) is 0 Å². The summed E-state index contributed by atoms with van der Waals surface area (Å²) < 4.78 is 18.9. The van der Waals surface area contributed by atoms with Crippen molar-refractivity contribution in [1.82, 2.24) is 10.1 Å². The maximum absolute atomic E-state index is 13.8. The van der Waals surface area contributed by atoms with Gasteiger partial charge in [-0.25, -0.2) is 4.39 Å². The van der Waals surface area contributed by atoms with E-state index in [9.17, 15) is 4.39 Å². The van der Waals surface area contributed by atoms with Gasteiger partial charge in [-0.3, -0.25) is 0 Å². The highest BCUT2D eigenvalue weighted by Crippen LogP contribution is 2.24. The molecule has 6 heteroatoms. The molecule has 0 saturated carbocycles. The van der Waals surface area contributed by atoms with Gasteiger partial charge in [0.05, 0.1) is 5.56 Å². The summed E-state index contributed by atoms with van der Waals surface area (Å²) in [5.74, 6) is 0.0684. The van der Waals surface area contributed by atoms with Crippen molar-refractivity contribution in [1.29, 1.82) is 0 Å². The van der Waals surface area contributed by atoms with Crippen LogP contribution in [0.2, 0.25) is 5.02 Å². The largest absolute Gasteiger partial charge is 0.399 e. The molecule has 0 fully saturated rings. The van der Waals surface area contributed by atoms with E-state index in [0.717, 1.165) is 5.56 Å². The Hall–Kier alpha value is -2.40. The maximum Gasteiger partial charge on any atom is 0.260 e. The fourth-order valence-electron chi connectivity index (χ4n) is 1.95. The lowest BCUT2D eigenvalue weighted by molar-refractivity contribution is 0.421. The summed E-state index contributed by atoms with van der Waals surface area (Å²) in [6.45, 7) is 0. The van der Waals surface area contributed by atoms with Crippen LogP contribution in [0.4, 0.5) is 10.1 Å². The Kier molecular flexibility index (Phi) is 3.58. The molecule has 1 aromatic heterocycles. The van der Waals surface area contributed by atoms with Gasteiger partial charge in [-0.2, -0.15) is 4.98 Å². The van der Waals surface area contributed by atoms with Crippen LogP contribution in [0.3, 0.4) is 0 Å². The molecule has 0 atom stereocenters. The molecule has 0 saturated heterocycles. The zero-order valence-corrected chi connectivity index (χ0v) is 11.6. The molecule has 0 aliphatic carbocycles. The van der Waals surface area contributed by atoms with Crippen molar-refractivity contribution in [3.63, 3.8) is 0 Å². The van der Waals surface area contributed by atoms with E-state index in [4.69, 9.17) is 21.9 Å².